The Labute approximate surface area is 105 Å². The van der Waals surface area contributed by atoms with Gasteiger partial charge in [-0.05, 0) is 31.7 Å². The monoisotopic (exact) mass is 252 g/mol. The van der Waals surface area contributed by atoms with E-state index in [1.54, 1.807) is 18.7 Å². The van der Waals surface area contributed by atoms with Crippen LogP contribution in [0.5, 0.6) is 0 Å². The number of rotatable bonds is 4. The zero-order valence-electron chi connectivity index (χ0n) is 9.85. The molecular formula is C12H16N2O2S. The molecule has 0 unspecified atom stereocenters. The van der Waals surface area contributed by atoms with Gasteiger partial charge in [0.2, 0.25) is 0 Å². The molecule has 1 heterocycles. The lowest BCUT2D eigenvalue weighted by atomic mass is 10.1. The van der Waals surface area contributed by atoms with Crippen LogP contribution in [-0.4, -0.2) is 26.8 Å². The number of carbonyl (C=O) groups is 1. The molecule has 2 rings (SSSR count). The number of nitrogens with zero attached hydrogens (tertiary/aromatic N) is 2. The van der Waals surface area contributed by atoms with Crippen molar-refractivity contribution in [2.24, 2.45) is 5.92 Å². The summed E-state index contributed by atoms with van der Waals surface area (Å²) >= 11 is 1.58. The van der Waals surface area contributed by atoms with Gasteiger partial charge >= 0.3 is 5.97 Å². The number of carboxylic acid groups (broad SMARTS) is 1. The third-order valence-electron chi connectivity index (χ3n) is 2.98. The molecule has 1 fully saturated rings. The van der Waals surface area contributed by atoms with Gasteiger partial charge in [0.15, 0.2) is 10.9 Å². The number of carboxylic acids is 1. The maximum absolute atomic E-state index is 10.9. The summed E-state index contributed by atoms with van der Waals surface area (Å²) in [5, 5.41) is 9.51. The summed E-state index contributed by atoms with van der Waals surface area (Å²) < 4.78 is 0. The summed E-state index contributed by atoms with van der Waals surface area (Å²) in [5.41, 5.74) is 0.803. The Morgan fingerprint density at radius 2 is 2.18 bits per heavy atom. The third-order valence-corrected chi connectivity index (χ3v) is 4.05. The molecule has 5 heteroatoms. The van der Waals surface area contributed by atoms with Gasteiger partial charge in [-0.15, -0.1) is 0 Å². The van der Waals surface area contributed by atoms with Gasteiger partial charge in [0.1, 0.15) is 0 Å². The van der Waals surface area contributed by atoms with Gasteiger partial charge in [-0.2, -0.15) is 0 Å². The molecule has 1 N–H and O–H groups in total. The second-order valence-electron chi connectivity index (χ2n) is 4.44. The number of aryl methyl sites for hydroxylation is 1. The van der Waals surface area contributed by atoms with Gasteiger partial charge in [-0.1, -0.05) is 24.6 Å². The van der Waals surface area contributed by atoms with Gasteiger partial charge in [0.25, 0.3) is 0 Å². The maximum Gasteiger partial charge on any atom is 0.354 e. The lowest BCUT2D eigenvalue weighted by Crippen LogP contribution is -2.05. The Morgan fingerprint density at radius 1 is 1.47 bits per heavy atom. The molecular weight excluding hydrogens is 236 g/mol. The molecule has 0 saturated heterocycles. The van der Waals surface area contributed by atoms with Gasteiger partial charge in [0, 0.05) is 11.4 Å². The van der Waals surface area contributed by atoms with Crippen LogP contribution in [-0.2, 0) is 0 Å². The molecule has 0 bridgehead atoms. The normalized spacial score (nSPS) is 16.3. The molecule has 0 spiro atoms. The van der Waals surface area contributed by atoms with Crippen molar-refractivity contribution >= 4 is 17.7 Å². The molecule has 1 aliphatic rings. The number of aromatic nitrogens is 2. The van der Waals surface area contributed by atoms with E-state index < -0.39 is 5.97 Å². The van der Waals surface area contributed by atoms with Crippen molar-refractivity contribution in [3.05, 3.63) is 17.5 Å². The predicted molar refractivity (Wildman–Crippen MR) is 66.4 cm³/mol. The number of hydrogen-bond donors (Lipinski definition) is 1. The largest absolute Gasteiger partial charge is 0.477 e. The highest BCUT2D eigenvalue weighted by atomic mass is 32.2. The predicted octanol–water partition coefficient (Wildman–Crippen LogP) is 2.77. The van der Waals surface area contributed by atoms with Crippen LogP contribution in [0.25, 0.3) is 0 Å². The van der Waals surface area contributed by atoms with Crippen LogP contribution >= 0.6 is 11.8 Å². The average molecular weight is 252 g/mol. The van der Waals surface area contributed by atoms with Crippen molar-refractivity contribution < 1.29 is 9.90 Å². The zero-order chi connectivity index (χ0) is 12.3. The quantitative estimate of drug-likeness (QED) is 0.659. The summed E-state index contributed by atoms with van der Waals surface area (Å²) in [6.07, 6.45) is 5.20. The molecule has 92 valence electrons. The highest BCUT2D eigenvalue weighted by molar-refractivity contribution is 7.99. The van der Waals surface area contributed by atoms with Crippen LogP contribution < -0.4 is 0 Å². The summed E-state index contributed by atoms with van der Waals surface area (Å²) in [7, 11) is 0. The molecule has 0 atom stereocenters. The van der Waals surface area contributed by atoms with Crippen LogP contribution in [0.2, 0.25) is 0 Å². The van der Waals surface area contributed by atoms with Crippen molar-refractivity contribution in [2.45, 2.75) is 37.8 Å². The first kappa shape index (κ1) is 12.4. The van der Waals surface area contributed by atoms with Crippen LogP contribution in [0, 0.1) is 12.8 Å². The topological polar surface area (TPSA) is 63.1 Å². The minimum atomic E-state index is -0.988. The highest BCUT2D eigenvalue weighted by Crippen LogP contribution is 2.29. The summed E-state index contributed by atoms with van der Waals surface area (Å²) in [4.78, 5) is 19.2. The van der Waals surface area contributed by atoms with E-state index in [2.05, 4.69) is 9.97 Å². The van der Waals surface area contributed by atoms with Gasteiger partial charge in [-0.3, -0.25) is 0 Å². The van der Waals surface area contributed by atoms with Crippen molar-refractivity contribution in [2.75, 3.05) is 5.75 Å². The first-order valence-corrected chi connectivity index (χ1v) is 6.85. The summed E-state index contributed by atoms with van der Waals surface area (Å²) in [5.74, 6) is 0.762. The lowest BCUT2D eigenvalue weighted by molar-refractivity contribution is 0.0689. The van der Waals surface area contributed by atoms with E-state index in [1.165, 1.54) is 31.7 Å². The smallest absolute Gasteiger partial charge is 0.354 e. The van der Waals surface area contributed by atoms with E-state index in [0.717, 1.165) is 11.7 Å². The van der Waals surface area contributed by atoms with Crippen molar-refractivity contribution in [3.8, 4) is 0 Å². The number of hydrogen-bond acceptors (Lipinski definition) is 4. The molecule has 1 aromatic rings. The highest BCUT2D eigenvalue weighted by Gasteiger charge is 2.16. The van der Waals surface area contributed by atoms with Gasteiger partial charge in [-0.25, -0.2) is 14.8 Å². The van der Waals surface area contributed by atoms with Crippen LogP contribution in [0.1, 0.15) is 41.9 Å². The second-order valence-corrected chi connectivity index (χ2v) is 5.43. The minimum Gasteiger partial charge on any atom is -0.477 e. The SMILES string of the molecule is Cc1cc(C(=O)O)nc(SCC2CCCC2)n1. The van der Waals surface area contributed by atoms with Gasteiger partial charge in [0.05, 0.1) is 0 Å². The maximum atomic E-state index is 10.9. The number of thioether (sulfide) groups is 1. The zero-order valence-corrected chi connectivity index (χ0v) is 10.7. The van der Waals surface area contributed by atoms with Crippen LogP contribution in [0.4, 0.5) is 0 Å². The molecule has 1 aliphatic carbocycles. The van der Waals surface area contributed by atoms with Crippen molar-refractivity contribution in [1.29, 1.82) is 0 Å². The third kappa shape index (κ3) is 3.43. The van der Waals surface area contributed by atoms with E-state index in [0.29, 0.717) is 10.9 Å². The first-order chi connectivity index (χ1) is 8.15. The Hall–Kier alpha value is -1.10. The molecule has 0 aromatic carbocycles. The Morgan fingerprint density at radius 3 is 2.82 bits per heavy atom. The van der Waals surface area contributed by atoms with E-state index >= 15 is 0 Å². The Bertz CT molecular complexity index is 417. The van der Waals surface area contributed by atoms with E-state index in [4.69, 9.17) is 5.11 Å². The average Bonchev–Trinajstić information content (AvgIpc) is 2.78. The molecule has 0 amide bonds. The second kappa shape index (κ2) is 5.49. The summed E-state index contributed by atoms with van der Waals surface area (Å²) in [6, 6.07) is 1.50. The van der Waals surface area contributed by atoms with Crippen molar-refractivity contribution in [3.63, 3.8) is 0 Å². The first-order valence-electron chi connectivity index (χ1n) is 5.87. The molecule has 4 nitrogen and oxygen atoms in total. The van der Waals surface area contributed by atoms with E-state index in [9.17, 15) is 4.79 Å². The molecule has 0 radical (unpaired) electrons. The fourth-order valence-electron chi connectivity index (χ4n) is 2.08. The van der Waals surface area contributed by atoms with E-state index in [1.807, 2.05) is 0 Å². The van der Waals surface area contributed by atoms with Crippen LogP contribution in [0.3, 0.4) is 0 Å². The number of aromatic carboxylic acids is 1. The standard InChI is InChI=1S/C12H16N2O2S/c1-8-6-10(11(15)16)14-12(13-8)17-7-9-4-2-3-5-9/h6,9H,2-5,7H2,1H3,(H,15,16). The fourth-order valence-corrected chi connectivity index (χ4v) is 3.17. The summed E-state index contributed by atoms with van der Waals surface area (Å²) in [6.45, 7) is 1.80. The lowest BCUT2D eigenvalue weighted by Gasteiger charge is -2.07. The molecule has 1 aromatic heterocycles. The fraction of sp³-hybridized carbons (Fsp3) is 0.583. The molecule has 17 heavy (non-hydrogen) atoms. The molecule has 0 aliphatic heterocycles. The minimum absolute atomic E-state index is 0.0893. The molecule has 1 saturated carbocycles. The van der Waals surface area contributed by atoms with Gasteiger partial charge < -0.3 is 5.11 Å². The van der Waals surface area contributed by atoms with Crippen LogP contribution in [0.15, 0.2) is 11.2 Å². The Kier molecular flexibility index (Phi) is 3.99. The van der Waals surface area contributed by atoms with E-state index in [-0.39, 0.29) is 5.69 Å². The Balaban J connectivity index is 2.01. The van der Waals surface area contributed by atoms with Crippen molar-refractivity contribution in [1.82, 2.24) is 9.97 Å².